The van der Waals surface area contributed by atoms with Gasteiger partial charge in [0.25, 0.3) is 0 Å². The third kappa shape index (κ3) is 3.49. The molecule has 1 aliphatic heterocycles. The van der Waals surface area contributed by atoms with E-state index in [0.717, 1.165) is 0 Å². The Balaban J connectivity index is 1.93. The largest absolute Gasteiger partial charge is 0.507 e. The lowest BCUT2D eigenvalue weighted by Gasteiger charge is -2.39. The summed E-state index contributed by atoms with van der Waals surface area (Å²) in [6.07, 6.45) is -5.09. The average Bonchev–Trinajstić information content (AvgIpc) is 2.80. The molecule has 5 atom stereocenters. The first-order chi connectivity index (χ1) is 15.3. The van der Waals surface area contributed by atoms with Crippen LogP contribution in [0.1, 0.15) is 18.6 Å². The molecule has 2 aromatic carbocycles. The Labute approximate surface area is 183 Å². The number of rotatable bonds is 4. The second kappa shape index (κ2) is 8.44. The highest BCUT2D eigenvalue weighted by molar-refractivity contribution is 5.91. The minimum Gasteiger partial charge on any atom is -0.507 e. The molecule has 1 unspecified atom stereocenters. The average molecular weight is 444 g/mol. The van der Waals surface area contributed by atoms with Crippen LogP contribution in [-0.4, -0.2) is 59.1 Å². The molecule has 0 saturated carbocycles. The van der Waals surface area contributed by atoms with E-state index in [2.05, 4.69) is 0 Å². The van der Waals surface area contributed by atoms with Crippen molar-refractivity contribution in [2.45, 2.75) is 37.4 Å². The van der Waals surface area contributed by atoms with E-state index in [9.17, 15) is 25.2 Å². The molecule has 0 aliphatic carbocycles. The molecule has 9 heteroatoms. The highest BCUT2D eigenvalue weighted by atomic mass is 16.5. The first-order valence-corrected chi connectivity index (χ1v) is 9.98. The van der Waals surface area contributed by atoms with Crippen molar-refractivity contribution in [2.75, 3.05) is 14.2 Å². The van der Waals surface area contributed by atoms with E-state index in [1.165, 1.54) is 26.5 Å². The fourth-order valence-electron chi connectivity index (χ4n) is 3.98. The zero-order valence-electron chi connectivity index (χ0n) is 17.7. The summed E-state index contributed by atoms with van der Waals surface area (Å²) in [6.45, 7) is 1.54. The summed E-state index contributed by atoms with van der Waals surface area (Å²) >= 11 is 0. The molecule has 0 radical (unpaired) electrons. The van der Waals surface area contributed by atoms with Gasteiger partial charge in [-0.2, -0.15) is 0 Å². The summed E-state index contributed by atoms with van der Waals surface area (Å²) in [5.74, 6) is 0.339. The number of hydrogen-bond acceptors (Lipinski definition) is 9. The number of phenols is 1. The van der Waals surface area contributed by atoms with Crippen molar-refractivity contribution < 1.29 is 39.1 Å². The molecule has 0 bridgehead atoms. The van der Waals surface area contributed by atoms with E-state index < -0.39 is 35.9 Å². The minimum atomic E-state index is -1.53. The minimum absolute atomic E-state index is 0.0519. The van der Waals surface area contributed by atoms with E-state index in [1.807, 2.05) is 0 Å². The van der Waals surface area contributed by atoms with Gasteiger partial charge in [0, 0.05) is 6.07 Å². The Hall–Kier alpha value is -3.11. The first-order valence-electron chi connectivity index (χ1n) is 9.98. The molecule has 3 aromatic rings. The van der Waals surface area contributed by atoms with E-state index in [4.69, 9.17) is 18.6 Å². The Morgan fingerprint density at radius 1 is 0.969 bits per heavy atom. The first kappa shape index (κ1) is 22.1. The number of aliphatic hydroxyl groups is 3. The molecular weight excluding hydrogens is 420 g/mol. The van der Waals surface area contributed by atoms with E-state index in [0.29, 0.717) is 11.3 Å². The Kier molecular flexibility index (Phi) is 5.83. The van der Waals surface area contributed by atoms with Gasteiger partial charge < -0.3 is 39.1 Å². The summed E-state index contributed by atoms with van der Waals surface area (Å²) in [7, 11) is 2.88. The van der Waals surface area contributed by atoms with Crippen LogP contribution in [0.2, 0.25) is 0 Å². The van der Waals surface area contributed by atoms with Crippen LogP contribution in [0.3, 0.4) is 0 Å². The number of hydrogen-bond donors (Lipinski definition) is 4. The van der Waals surface area contributed by atoms with Crippen LogP contribution in [0.4, 0.5) is 0 Å². The summed E-state index contributed by atoms with van der Waals surface area (Å²) in [6, 6.07) is 7.99. The summed E-state index contributed by atoms with van der Waals surface area (Å²) in [5, 5.41) is 41.3. The summed E-state index contributed by atoms with van der Waals surface area (Å²) < 4.78 is 22.0. The predicted molar refractivity (Wildman–Crippen MR) is 114 cm³/mol. The molecule has 4 N–H and O–H groups in total. The van der Waals surface area contributed by atoms with Crippen LogP contribution < -0.4 is 14.9 Å². The highest BCUT2D eigenvalue weighted by Crippen LogP contribution is 2.43. The molecule has 0 amide bonds. The van der Waals surface area contributed by atoms with Crippen molar-refractivity contribution in [3.8, 4) is 28.4 Å². The van der Waals surface area contributed by atoms with Crippen LogP contribution in [0.15, 0.2) is 45.8 Å². The third-order valence-corrected chi connectivity index (χ3v) is 5.79. The second-order valence-electron chi connectivity index (χ2n) is 7.66. The maximum absolute atomic E-state index is 13.3. The molecule has 1 fully saturated rings. The monoisotopic (exact) mass is 444 g/mol. The number of aliphatic hydroxyl groups excluding tert-OH is 3. The van der Waals surface area contributed by atoms with Crippen LogP contribution in [-0.2, 0) is 4.74 Å². The van der Waals surface area contributed by atoms with Gasteiger partial charge in [-0.1, -0.05) is 12.1 Å². The van der Waals surface area contributed by atoms with Gasteiger partial charge in [0.2, 0.25) is 5.43 Å². The molecule has 1 saturated heterocycles. The summed E-state index contributed by atoms with van der Waals surface area (Å²) in [5.41, 5.74) is 0.351. The smallest absolute Gasteiger partial charge is 0.204 e. The molecular formula is C23H24O9. The van der Waals surface area contributed by atoms with Crippen molar-refractivity contribution in [3.63, 3.8) is 0 Å². The number of benzene rings is 2. The van der Waals surface area contributed by atoms with E-state index in [-0.39, 0.29) is 33.6 Å². The van der Waals surface area contributed by atoms with Crippen molar-refractivity contribution in [1.82, 2.24) is 0 Å². The SMILES string of the molecule is COc1ccc(-c2coc3c(C4O[C@@H](C)[C@H](O)[C@@H](O)[C@H]4O)c(OC)cc(O)c3c2=O)cc1. The van der Waals surface area contributed by atoms with Crippen molar-refractivity contribution in [1.29, 1.82) is 0 Å². The zero-order valence-corrected chi connectivity index (χ0v) is 17.7. The number of fused-ring (bicyclic) bond motifs is 1. The maximum atomic E-state index is 13.3. The Morgan fingerprint density at radius 3 is 2.28 bits per heavy atom. The van der Waals surface area contributed by atoms with Gasteiger partial charge in [-0.3, -0.25) is 4.79 Å². The van der Waals surface area contributed by atoms with Gasteiger partial charge in [0.15, 0.2) is 5.58 Å². The standard InChI is InChI=1S/C23H24O9/c1-10-18(25)20(27)21(28)23(32-10)17-15(30-3)8-14(24)16-19(26)13(9-31-22(16)17)11-4-6-12(29-2)7-5-11/h4-10,18,20-21,23-25,27-28H,1-3H3/t10-,18-,20+,21+,23?/m0/s1. The molecule has 1 aliphatic rings. The number of phenolic OH excluding ortho intramolecular Hbond substituents is 1. The molecule has 0 spiro atoms. The molecule has 170 valence electrons. The van der Waals surface area contributed by atoms with Crippen molar-refractivity contribution in [2.24, 2.45) is 0 Å². The van der Waals surface area contributed by atoms with Gasteiger partial charge in [-0.25, -0.2) is 0 Å². The number of ether oxygens (including phenoxy) is 3. The highest BCUT2D eigenvalue weighted by Gasteiger charge is 2.44. The lowest BCUT2D eigenvalue weighted by Crippen LogP contribution is -2.53. The van der Waals surface area contributed by atoms with Crippen LogP contribution in [0.5, 0.6) is 17.2 Å². The van der Waals surface area contributed by atoms with Gasteiger partial charge in [0.1, 0.15) is 53.3 Å². The Bertz CT molecular complexity index is 1180. The van der Waals surface area contributed by atoms with Crippen LogP contribution in [0, 0.1) is 0 Å². The molecule has 2 heterocycles. The molecule has 9 nitrogen and oxygen atoms in total. The topological polar surface area (TPSA) is 139 Å². The summed E-state index contributed by atoms with van der Waals surface area (Å²) in [4.78, 5) is 13.3. The zero-order chi connectivity index (χ0) is 23.2. The molecule has 4 rings (SSSR count). The lowest BCUT2D eigenvalue weighted by molar-refractivity contribution is -0.219. The van der Waals surface area contributed by atoms with Gasteiger partial charge in [-0.05, 0) is 24.6 Å². The van der Waals surface area contributed by atoms with Crippen LogP contribution >= 0.6 is 0 Å². The number of aromatic hydroxyl groups is 1. The normalized spacial score (nSPS) is 25.6. The van der Waals surface area contributed by atoms with Crippen molar-refractivity contribution >= 4 is 11.0 Å². The van der Waals surface area contributed by atoms with Crippen molar-refractivity contribution in [3.05, 3.63) is 52.4 Å². The molecule has 1 aromatic heterocycles. The van der Waals surface area contributed by atoms with Gasteiger partial charge in [-0.15, -0.1) is 0 Å². The van der Waals surface area contributed by atoms with Gasteiger partial charge >= 0.3 is 0 Å². The maximum Gasteiger partial charge on any atom is 0.204 e. The number of methoxy groups -OCH3 is 2. The van der Waals surface area contributed by atoms with E-state index >= 15 is 0 Å². The second-order valence-corrected chi connectivity index (χ2v) is 7.66. The quantitative estimate of drug-likeness (QED) is 0.474. The Morgan fingerprint density at radius 2 is 1.66 bits per heavy atom. The fraction of sp³-hybridized carbons (Fsp3) is 0.348. The fourth-order valence-corrected chi connectivity index (χ4v) is 3.98. The van der Waals surface area contributed by atoms with Crippen LogP contribution in [0.25, 0.3) is 22.1 Å². The van der Waals surface area contributed by atoms with E-state index in [1.54, 1.807) is 31.2 Å². The van der Waals surface area contributed by atoms with Gasteiger partial charge in [0.05, 0.1) is 31.5 Å². The third-order valence-electron chi connectivity index (χ3n) is 5.79. The lowest BCUT2D eigenvalue weighted by atomic mass is 9.90. The predicted octanol–water partition coefficient (Wildman–Crippen LogP) is 1.73. The molecule has 32 heavy (non-hydrogen) atoms.